The Balaban J connectivity index is 2.03. The number of carbonyl (C=O) groups is 2. The van der Waals surface area contributed by atoms with E-state index in [-0.39, 0.29) is 18.0 Å². The fourth-order valence-electron chi connectivity index (χ4n) is 2.46. The van der Waals surface area contributed by atoms with E-state index in [2.05, 4.69) is 26.9 Å². The van der Waals surface area contributed by atoms with Gasteiger partial charge in [-0.15, -0.1) is 11.3 Å². The Hall–Kier alpha value is -2.58. The maximum atomic E-state index is 12.3. The van der Waals surface area contributed by atoms with Crippen LogP contribution in [0.1, 0.15) is 17.8 Å². The van der Waals surface area contributed by atoms with Crippen LogP contribution in [0.25, 0.3) is 0 Å². The van der Waals surface area contributed by atoms with E-state index in [1.807, 2.05) is 25.5 Å². The normalized spacial score (nSPS) is 11.7. The van der Waals surface area contributed by atoms with Crippen molar-refractivity contribution in [2.45, 2.75) is 13.0 Å². The first-order valence-electron chi connectivity index (χ1n) is 8.11. The molecule has 140 valence electrons. The topological polar surface area (TPSA) is 82.7 Å². The average Bonchev–Trinajstić information content (AvgIpc) is 3.08. The van der Waals surface area contributed by atoms with Crippen LogP contribution in [0.5, 0.6) is 5.75 Å². The average molecular weight is 376 g/mol. The molecule has 26 heavy (non-hydrogen) atoms. The van der Waals surface area contributed by atoms with Crippen LogP contribution in [-0.4, -0.2) is 44.6 Å². The second kappa shape index (κ2) is 9.21. The summed E-state index contributed by atoms with van der Waals surface area (Å²) in [6.45, 7) is 1.89. The molecule has 0 unspecified atom stereocenters. The summed E-state index contributed by atoms with van der Waals surface area (Å²) in [7, 11) is 5.48. The molecule has 1 aromatic heterocycles. The van der Waals surface area contributed by atoms with E-state index in [0.29, 0.717) is 23.7 Å². The first-order valence-corrected chi connectivity index (χ1v) is 8.99. The van der Waals surface area contributed by atoms with Crippen molar-refractivity contribution in [3.8, 4) is 5.75 Å². The lowest BCUT2D eigenvalue weighted by molar-refractivity contribution is -0.114. The van der Waals surface area contributed by atoms with Crippen molar-refractivity contribution in [1.29, 1.82) is 0 Å². The van der Waals surface area contributed by atoms with Gasteiger partial charge in [-0.25, -0.2) is 4.79 Å². The largest absolute Gasteiger partial charge is 0.495 e. The molecule has 0 saturated carbocycles. The van der Waals surface area contributed by atoms with E-state index in [1.165, 1.54) is 18.9 Å². The number of benzene rings is 1. The fourth-order valence-corrected chi connectivity index (χ4v) is 3.38. The monoisotopic (exact) mass is 376 g/mol. The standard InChI is InChI=1S/C18H24N4O3S/c1-12(23)20-13-7-8-16(25-4)14(10-13)21-18(24)19-11-15(22(2)3)17-6-5-9-26-17/h5-10,15H,11H2,1-4H3,(H,20,23)(H2,19,21,24)/t15-/m1/s1. The number of nitrogens with one attached hydrogen (secondary N) is 3. The summed E-state index contributed by atoms with van der Waals surface area (Å²) >= 11 is 1.66. The van der Waals surface area contributed by atoms with Gasteiger partial charge in [-0.05, 0) is 43.7 Å². The lowest BCUT2D eigenvalue weighted by Crippen LogP contribution is -2.36. The Labute approximate surface area is 157 Å². The number of likely N-dealkylation sites (N-methyl/N-ethyl adjacent to an activating group) is 1. The predicted octanol–water partition coefficient (Wildman–Crippen LogP) is 3.14. The number of rotatable bonds is 7. The van der Waals surface area contributed by atoms with Gasteiger partial charge in [0.2, 0.25) is 5.91 Å². The van der Waals surface area contributed by atoms with Gasteiger partial charge in [0.25, 0.3) is 0 Å². The molecule has 0 aliphatic carbocycles. The number of hydrogen-bond donors (Lipinski definition) is 3. The van der Waals surface area contributed by atoms with E-state index < -0.39 is 0 Å². The van der Waals surface area contributed by atoms with Gasteiger partial charge in [0.05, 0.1) is 18.8 Å². The fraction of sp³-hybridized carbons (Fsp3) is 0.333. The summed E-state index contributed by atoms with van der Waals surface area (Å²) in [6.07, 6.45) is 0. The third-order valence-electron chi connectivity index (χ3n) is 3.72. The summed E-state index contributed by atoms with van der Waals surface area (Å²) in [6, 6.07) is 8.85. The van der Waals surface area contributed by atoms with Gasteiger partial charge < -0.3 is 25.6 Å². The lowest BCUT2D eigenvalue weighted by Gasteiger charge is -2.23. The molecule has 2 aromatic rings. The smallest absolute Gasteiger partial charge is 0.319 e. The van der Waals surface area contributed by atoms with Crippen molar-refractivity contribution >= 4 is 34.6 Å². The molecule has 0 bridgehead atoms. The molecular formula is C18H24N4O3S. The SMILES string of the molecule is COc1ccc(NC(C)=O)cc1NC(=O)NC[C@H](c1cccs1)N(C)C. The van der Waals surface area contributed by atoms with Gasteiger partial charge in [-0.3, -0.25) is 4.79 Å². The van der Waals surface area contributed by atoms with Crippen LogP contribution in [0.2, 0.25) is 0 Å². The van der Waals surface area contributed by atoms with Crippen molar-refractivity contribution in [2.24, 2.45) is 0 Å². The highest BCUT2D eigenvalue weighted by molar-refractivity contribution is 7.10. The Bertz CT molecular complexity index is 747. The van der Waals surface area contributed by atoms with Crippen LogP contribution in [0, 0.1) is 0 Å². The summed E-state index contributed by atoms with van der Waals surface area (Å²) in [5, 5.41) is 10.4. The van der Waals surface area contributed by atoms with Gasteiger partial charge in [-0.1, -0.05) is 6.07 Å². The van der Waals surface area contributed by atoms with Crippen molar-refractivity contribution in [3.63, 3.8) is 0 Å². The number of thiophene rings is 1. The van der Waals surface area contributed by atoms with E-state index in [0.717, 1.165) is 0 Å². The van der Waals surface area contributed by atoms with Gasteiger partial charge in [-0.2, -0.15) is 0 Å². The van der Waals surface area contributed by atoms with E-state index in [4.69, 9.17) is 4.74 Å². The highest BCUT2D eigenvalue weighted by atomic mass is 32.1. The van der Waals surface area contributed by atoms with Crippen molar-refractivity contribution < 1.29 is 14.3 Å². The zero-order valence-electron chi connectivity index (χ0n) is 15.3. The first-order chi connectivity index (χ1) is 12.4. The molecular weight excluding hydrogens is 352 g/mol. The zero-order chi connectivity index (χ0) is 19.1. The minimum absolute atomic E-state index is 0.0911. The third-order valence-corrected chi connectivity index (χ3v) is 4.69. The minimum atomic E-state index is -0.341. The first kappa shape index (κ1) is 19.7. The molecule has 0 radical (unpaired) electrons. The van der Waals surface area contributed by atoms with Gasteiger partial charge in [0.1, 0.15) is 5.75 Å². The molecule has 2 rings (SSSR count). The molecule has 1 atom stereocenters. The Morgan fingerprint density at radius 2 is 2.00 bits per heavy atom. The van der Waals surface area contributed by atoms with Gasteiger partial charge in [0, 0.05) is 24.0 Å². The lowest BCUT2D eigenvalue weighted by atomic mass is 10.2. The molecule has 1 heterocycles. The van der Waals surface area contributed by atoms with Crippen molar-refractivity contribution in [2.75, 3.05) is 38.4 Å². The van der Waals surface area contributed by atoms with Crippen LogP contribution < -0.4 is 20.7 Å². The highest BCUT2D eigenvalue weighted by Gasteiger charge is 2.17. The molecule has 3 N–H and O–H groups in total. The summed E-state index contributed by atoms with van der Waals surface area (Å²) in [5.41, 5.74) is 1.06. The second-order valence-electron chi connectivity index (χ2n) is 5.93. The van der Waals surface area contributed by atoms with Crippen LogP contribution in [0.4, 0.5) is 16.2 Å². The predicted molar refractivity (Wildman–Crippen MR) is 105 cm³/mol. The van der Waals surface area contributed by atoms with Crippen LogP contribution in [0.3, 0.4) is 0 Å². The van der Waals surface area contributed by atoms with Gasteiger partial charge in [0.15, 0.2) is 0 Å². The Morgan fingerprint density at radius 1 is 1.23 bits per heavy atom. The molecule has 1 aromatic carbocycles. The number of methoxy groups -OCH3 is 1. The molecule has 0 spiro atoms. The van der Waals surface area contributed by atoms with E-state index >= 15 is 0 Å². The Morgan fingerprint density at radius 3 is 2.58 bits per heavy atom. The van der Waals surface area contributed by atoms with Crippen molar-refractivity contribution in [3.05, 3.63) is 40.6 Å². The maximum Gasteiger partial charge on any atom is 0.319 e. The number of ether oxygens (including phenoxy) is 1. The molecule has 8 heteroatoms. The molecule has 0 fully saturated rings. The quantitative estimate of drug-likeness (QED) is 0.693. The Kier molecular flexibility index (Phi) is 6.99. The third kappa shape index (κ3) is 5.47. The van der Waals surface area contributed by atoms with Crippen molar-refractivity contribution in [1.82, 2.24) is 10.2 Å². The van der Waals surface area contributed by atoms with Crippen LogP contribution in [-0.2, 0) is 4.79 Å². The number of nitrogens with zero attached hydrogens (tertiary/aromatic N) is 1. The van der Waals surface area contributed by atoms with Crippen LogP contribution in [0.15, 0.2) is 35.7 Å². The molecule has 0 saturated heterocycles. The number of amides is 3. The number of urea groups is 1. The summed E-state index contributed by atoms with van der Waals surface area (Å²) < 4.78 is 5.27. The summed E-state index contributed by atoms with van der Waals surface area (Å²) in [5.74, 6) is 0.326. The zero-order valence-corrected chi connectivity index (χ0v) is 16.1. The molecule has 3 amide bonds. The number of anilines is 2. The number of hydrogen-bond acceptors (Lipinski definition) is 5. The van der Waals surface area contributed by atoms with E-state index in [9.17, 15) is 9.59 Å². The summed E-state index contributed by atoms with van der Waals surface area (Å²) in [4.78, 5) is 26.8. The molecule has 7 nitrogen and oxygen atoms in total. The molecule has 0 aliphatic heterocycles. The second-order valence-corrected chi connectivity index (χ2v) is 6.91. The minimum Gasteiger partial charge on any atom is -0.495 e. The number of carbonyl (C=O) groups excluding carboxylic acids is 2. The highest BCUT2D eigenvalue weighted by Crippen LogP contribution is 2.28. The van der Waals surface area contributed by atoms with Gasteiger partial charge >= 0.3 is 6.03 Å². The van der Waals surface area contributed by atoms with E-state index in [1.54, 1.807) is 29.5 Å². The molecule has 0 aliphatic rings. The maximum absolute atomic E-state index is 12.3. The van der Waals surface area contributed by atoms with Crippen LogP contribution >= 0.6 is 11.3 Å².